The number of benzene rings is 1. The van der Waals surface area contributed by atoms with Crippen molar-refractivity contribution in [3.8, 4) is 17.0 Å². The van der Waals surface area contributed by atoms with Gasteiger partial charge in [-0.2, -0.15) is 4.98 Å². The van der Waals surface area contributed by atoms with Crippen LogP contribution in [-0.4, -0.2) is 21.1 Å². The maximum Gasteiger partial charge on any atom is 0.264 e. The van der Waals surface area contributed by atoms with E-state index in [0.29, 0.717) is 17.6 Å². The van der Waals surface area contributed by atoms with Crippen LogP contribution in [-0.2, 0) is 0 Å². The van der Waals surface area contributed by atoms with E-state index in [0.717, 1.165) is 18.4 Å². The van der Waals surface area contributed by atoms with Crippen LogP contribution in [0.15, 0.2) is 29.1 Å². The molecule has 0 atom stereocenters. The van der Waals surface area contributed by atoms with Crippen molar-refractivity contribution in [3.63, 3.8) is 0 Å². The Morgan fingerprint density at radius 1 is 1.42 bits per heavy atom. The van der Waals surface area contributed by atoms with Crippen molar-refractivity contribution in [1.29, 1.82) is 0 Å². The van der Waals surface area contributed by atoms with Crippen LogP contribution in [0, 0.1) is 6.92 Å². The number of nitrogens with zero attached hydrogens (tertiary/aromatic N) is 1. The Bertz CT molecular complexity index is 675. The van der Waals surface area contributed by atoms with E-state index in [-0.39, 0.29) is 17.0 Å². The first-order valence-electron chi connectivity index (χ1n) is 6.30. The average molecular weight is 257 g/mol. The van der Waals surface area contributed by atoms with Gasteiger partial charge in [0.1, 0.15) is 5.56 Å². The van der Waals surface area contributed by atoms with Crippen LogP contribution in [0.25, 0.3) is 11.1 Å². The lowest BCUT2D eigenvalue weighted by atomic mass is 10.1. The monoisotopic (exact) mass is 257 g/mol. The van der Waals surface area contributed by atoms with Crippen LogP contribution < -0.4 is 10.9 Å². The van der Waals surface area contributed by atoms with Gasteiger partial charge < -0.3 is 10.4 Å². The molecule has 1 aliphatic rings. The number of aromatic nitrogens is 2. The second-order valence-corrected chi connectivity index (χ2v) is 4.90. The van der Waals surface area contributed by atoms with E-state index >= 15 is 0 Å². The molecule has 1 aliphatic carbocycles. The van der Waals surface area contributed by atoms with E-state index in [1.807, 2.05) is 25.1 Å². The van der Waals surface area contributed by atoms with Crippen LogP contribution in [0.4, 0.5) is 5.95 Å². The van der Waals surface area contributed by atoms with Crippen molar-refractivity contribution in [3.05, 3.63) is 40.2 Å². The molecule has 1 aromatic heterocycles. The summed E-state index contributed by atoms with van der Waals surface area (Å²) in [5.74, 6) is 0.0962. The normalized spacial score (nSPS) is 14.4. The summed E-state index contributed by atoms with van der Waals surface area (Å²) in [5.41, 5.74) is 1.58. The molecule has 0 saturated heterocycles. The summed E-state index contributed by atoms with van der Waals surface area (Å²) < 4.78 is 0. The summed E-state index contributed by atoms with van der Waals surface area (Å²) in [5, 5.41) is 13.0. The maximum atomic E-state index is 12.1. The number of hydrogen-bond donors (Lipinski definition) is 3. The van der Waals surface area contributed by atoms with Gasteiger partial charge in [-0.25, -0.2) is 0 Å². The zero-order valence-electron chi connectivity index (χ0n) is 10.6. The second-order valence-electron chi connectivity index (χ2n) is 4.90. The number of aromatic hydroxyl groups is 1. The molecule has 0 unspecified atom stereocenters. The van der Waals surface area contributed by atoms with Gasteiger partial charge in [-0.1, -0.05) is 29.8 Å². The van der Waals surface area contributed by atoms with Crippen LogP contribution >= 0.6 is 0 Å². The van der Waals surface area contributed by atoms with Gasteiger partial charge in [-0.3, -0.25) is 9.78 Å². The minimum Gasteiger partial charge on any atom is -0.493 e. The quantitative estimate of drug-likeness (QED) is 0.786. The number of aromatic amines is 1. The molecule has 1 heterocycles. The first-order chi connectivity index (χ1) is 9.13. The molecular formula is C14H15N3O2. The Morgan fingerprint density at radius 2 is 2.21 bits per heavy atom. The van der Waals surface area contributed by atoms with Crippen molar-refractivity contribution in [2.45, 2.75) is 25.8 Å². The summed E-state index contributed by atoms with van der Waals surface area (Å²) in [6.07, 6.45) is 2.15. The van der Waals surface area contributed by atoms with Crippen LogP contribution in [0.3, 0.4) is 0 Å². The minimum absolute atomic E-state index is 0.213. The highest BCUT2D eigenvalue weighted by molar-refractivity contribution is 5.68. The highest BCUT2D eigenvalue weighted by Gasteiger charge is 2.22. The van der Waals surface area contributed by atoms with Crippen molar-refractivity contribution in [2.75, 3.05) is 5.32 Å². The van der Waals surface area contributed by atoms with E-state index in [2.05, 4.69) is 15.3 Å². The molecular weight excluding hydrogens is 242 g/mol. The smallest absolute Gasteiger partial charge is 0.264 e. The predicted octanol–water partition coefficient (Wildman–Crippen LogP) is 2.03. The zero-order valence-corrected chi connectivity index (χ0v) is 10.6. The van der Waals surface area contributed by atoms with Crippen molar-refractivity contribution >= 4 is 5.95 Å². The standard InChI is InChI=1S/C14H15N3O2/c1-8-3-2-4-9(7-8)11-12(18)16-14(17-13(11)19)15-10-5-6-10/h2-4,7,10H,5-6H2,1H3,(H3,15,16,17,18,19). The Hall–Kier alpha value is -2.30. The average Bonchev–Trinajstić information content (AvgIpc) is 3.12. The van der Waals surface area contributed by atoms with Gasteiger partial charge in [0.25, 0.3) is 5.56 Å². The van der Waals surface area contributed by atoms with Gasteiger partial charge in [0.05, 0.1) is 0 Å². The van der Waals surface area contributed by atoms with Gasteiger partial charge in [-0.05, 0) is 25.3 Å². The van der Waals surface area contributed by atoms with Gasteiger partial charge in [0, 0.05) is 6.04 Å². The molecule has 1 aromatic carbocycles. The number of anilines is 1. The minimum atomic E-state index is -0.332. The van der Waals surface area contributed by atoms with Crippen LogP contribution in [0.5, 0.6) is 5.88 Å². The SMILES string of the molecule is Cc1cccc(-c2c(O)nc(NC3CC3)[nH]c2=O)c1. The lowest BCUT2D eigenvalue weighted by Crippen LogP contribution is -2.15. The third-order valence-electron chi connectivity index (χ3n) is 3.13. The van der Waals surface area contributed by atoms with E-state index in [1.54, 1.807) is 6.07 Å². The van der Waals surface area contributed by atoms with Crippen molar-refractivity contribution < 1.29 is 5.11 Å². The molecule has 3 rings (SSSR count). The number of nitrogens with one attached hydrogen (secondary N) is 2. The molecule has 5 heteroatoms. The van der Waals surface area contributed by atoms with E-state index in [1.165, 1.54) is 0 Å². The molecule has 0 bridgehead atoms. The summed E-state index contributed by atoms with van der Waals surface area (Å²) in [6.45, 7) is 1.94. The number of H-pyrrole nitrogens is 1. The third kappa shape index (κ3) is 2.45. The number of rotatable bonds is 3. The van der Waals surface area contributed by atoms with Crippen LogP contribution in [0.1, 0.15) is 18.4 Å². The zero-order chi connectivity index (χ0) is 13.4. The van der Waals surface area contributed by atoms with Crippen molar-refractivity contribution in [1.82, 2.24) is 9.97 Å². The largest absolute Gasteiger partial charge is 0.493 e. The van der Waals surface area contributed by atoms with E-state index in [4.69, 9.17) is 0 Å². The fraction of sp³-hybridized carbons (Fsp3) is 0.286. The molecule has 19 heavy (non-hydrogen) atoms. The van der Waals surface area contributed by atoms with Crippen molar-refractivity contribution in [2.24, 2.45) is 0 Å². The van der Waals surface area contributed by atoms with Gasteiger partial charge >= 0.3 is 0 Å². The highest BCUT2D eigenvalue weighted by Crippen LogP contribution is 2.27. The number of aryl methyl sites for hydroxylation is 1. The number of hydrogen-bond acceptors (Lipinski definition) is 4. The first-order valence-corrected chi connectivity index (χ1v) is 6.30. The maximum absolute atomic E-state index is 12.1. The lowest BCUT2D eigenvalue weighted by molar-refractivity contribution is 0.454. The molecule has 0 spiro atoms. The third-order valence-corrected chi connectivity index (χ3v) is 3.13. The molecule has 1 saturated carbocycles. The molecule has 3 N–H and O–H groups in total. The fourth-order valence-electron chi connectivity index (χ4n) is 2.01. The first kappa shape index (κ1) is 11.8. The van der Waals surface area contributed by atoms with E-state index in [9.17, 15) is 9.90 Å². The van der Waals surface area contributed by atoms with Crippen LogP contribution in [0.2, 0.25) is 0 Å². The molecule has 0 radical (unpaired) electrons. The summed E-state index contributed by atoms with van der Waals surface area (Å²) >= 11 is 0. The van der Waals surface area contributed by atoms with Gasteiger partial charge in [-0.15, -0.1) is 0 Å². The predicted molar refractivity (Wildman–Crippen MR) is 73.3 cm³/mol. The highest BCUT2D eigenvalue weighted by atomic mass is 16.3. The Balaban J connectivity index is 2.04. The Kier molecular flexibility index (Phi) is 2.74. The summed E-state index contributed by atoms with van der Waals surface area (Å²) in [4.78, 5) is 18.8. The molecule has 2 aromatic rings. The lowest BCUT2D eigenvalue weighted by Gasteiger charge is -2.07. The fourth-order valence-corrected chi connectivity index (χ4v) is 2.01. The molecule has 1 fully saturated rings. The molecule has 5 nitrogen and oxygen atoms in total. The second kappa shape index (κ2) is 4.42. The Morgan fingerprint density at radius 3 is 2.84 bits per heavy atom. The summed E-state index contributed by atoms with van der Waals surface area (Å²) in [7, 11) is 0. The summed E-state index contributed by atoms with van der Waals surface area (Å²) in [6, 6.07) is 7.78. The topological polar surface area (TPSA) is 78.0 Å². The molecule has 0 amide bonds. The van der Waals surface area contributed by atoms with Gasteiger partial charge in [0.2, 0.25) is 11.8 Å². The van der Waals surface area contributed by atoms with Gasteiger partial charge in [0.15, 0.2) is 0 Å². The molecule has 0 aliphatic heterocycles. The van der Waals surface area contributed by atoms with E-state index < -0.39 is 0 Å². The Labute approximate surface area is 110 Å². The molecule has 98 valence electrons.